The molecule has 1 aromatic rings. The molecule has 0 aliphatic rings. The molecule has 1 aromatic carbocycles. The van der Waals surface area contributed by atoms with Crippen molar-refractivity contribution in [1.29, 1.82) is 0 Å². The van der Waals surface area contributed by atoms with Crippen molar-refractivity contribution in [1.82, 2.24) is 0 Å². The van der Waals surface area contributed by atoms with Crippen molar-refractivity contribution in [3.63, 3.8) is 0 Å². The Morgan fingerprint density at radius 3 is 2.55 bits per heavy atom. The van der Waals surface area contributed by atoms with Gasteiger partial charge in [-0.2, -0.15) is 0 Å². The number of hydrogen-bond donors (Lipinski definition) is 0. The van der Waals surface area contributed by atoms with E-state index in [2.05, 4.69) is 11.7 Å². The summed E-state index contributed by atoms with van der Waals surface area (Å²) in [6.45, 7) is 2.98. The summed E-state index contributed by atoms with van der Waals surface area (Å²) in [6.07, 6.45) is 8.81. The van der Waals surface area contributed by atoms with Crippen LogP contribution in [0.15, 0.2) is 36.4 Å². The first-order valence-electron chi connectivity index (χ1n) is 7.22. The summed E-state index contributed by atoms with van der Waals surface area (Å²) in [5, 5.41) is 0. The Morgan fingerprint density at radius 1 is 1.15 bits per heavy atom. The van der Waals surface area contributed by atoms with Gasteiger partial charge in [-0.05, 0) is 30.5 Å². The van der Waals surface area contributed by atoms with Crippen LogP contribution in [0.3, 0.4) is 0 Å². The standard InChI is InChI=1S/C17H24O3/c1-3-4-5-6-14-20-16-12-10-15(11-13-16)8-7-9-17(18)19-2/h7,9-13H,3-6,8,14H2,1-2H3. The average molecular weight is 276 g/mol. The molecule has 0 saturated heterocycles. The van der Waals surface area contributed by atoms with Crippen molar-refractivity contribution in [2.75, 3.05) is 13.7 Å². The maximum Gasteiger partial charge on any atom is 0.330 e. The molecule has 0 radical (unpaired) electrons. The van der Waals surface area contributed by atoms with Crippen molar-refractivity contribution in [2.45, 2.75) is 39.0 Å². The predicted octanol–water partition coefficient (Wildman–Crippen LogP) is 3.92. The molecule has 0 unspecified atom stereocenters. The number of unbranched alkanes of at least 4 members (excludes halogenated alkanes) is 3. The summed E-state index contributed by atoms with van der Waals surface area (Å²) >= 11 is 0. The van der Waals surface area contributed by atoms with Gasteiger partial charge in [0.25, 0.3) is 0 Å². The Kier molecular flexibility index (Phi) is 8.20. The Balaban J connectivity index is 2.29. The summed E-state index contributed by atoms with van der Waals surface area (Å²) in [5.41, 5.74) is 1.14. The minimum absolute atomic E-state index is 0.322. The second kappa shape index (κ2) is 10.1. The third kappa shape index (κ3) is 6.98. The monoisotopic (exact) mass is 276 g/mol. The number of carbonyl (C=O) groups is 1. The molecule has 0 saturated carbocycles. The number of benzene rings is 1. The summed E-state index contributed by atoms with van der Waals surface area (Å²) in [4.78, 5) is 10.9. The molecule has 0 heterocycles. The predicted molar refractivity (Wildman–Crippen MR) is 80.9 cm³/mol. The zero-order valence-electron chi connectivity index (χ0n) is 12.4. The Bertz CT molecular complexity index is 407. The van der Waals surface area contributed by atoms with Crippen LogP contribution in [-0.4, -0.2) is 19.7 Å². The van der Waals surface area contributed by atoms with Crippen LogP contribution >= 0.6 is 0 Å². The maximum atomic E-state index is 10.9. The third-order valence-electron chi connectivity index (χ3n) is 3.00. The van der Waals surface area contributed by atoms with E-state index in [0.717, 1.165) is 24.3 Å². The zero-order valence-corrected chi connectivity index (χ0v) is 12.4. The highest BCUT2D eigenvalue weighted by molar-refractivity contribution is 5.81. The van der Waals surface area contributed by atoms with Crippen LogP contribution < -0.4 is 4.74 Å². The molecule has 0 aliphatic carbocycles. The maximum absolute atomic E-state index is 10.9. The van der Waals surface area contributed by atoms with E-state index in [9.17, 15) is 4.79 Å². The second-order valence-electron chi connectivity index (χ2n) is 4.68. The number of rotatable bonds is 9. The van der Waals surface area contributed by atoms with Gasteiger partial charge in [-0.15, -0.1) is 0 Å². The van der Waals surface area contributed by atoms with Crippen molar-refractivity contribution < 1.29 is 14.3 Å². The molecule has 1 rings (SSSR count). The fourth-order valence-corrected chi connectivity index (χ4v) is 1.80. The van der Waals surface area contributed by atoms with Crippen LogP contribution in [0.1, 0.15) is 38.2 Å². The molecule has 110 valence electrons. The van der Waals surface area contributed by atoms with Crippen LogP contribution in [0.2, 0.25) is 0 Å². The molecule has 3 heteroatoms. The van der Waals surface area contributed by atoms with Crippen molar-refractivity contribution in [3.05, 3.63) is 42.0 Å². The zero-order chi connectivity index (χ0) is 14.6. The Labute approximate surface area is 121 Å². The van der Waals surface area contributed by atoms with E-state index >= 15 is 0 Å². The summed E-state index contributed by atoms with van der Waals surface area (Å²) in [6, 6.07) is 7.98. The molecule has 0 bridgehead atoms. The fraction of sp³-hybridized carbons (Fsp3) is 0.471. The first-order valence-corrected chi connectivity index (χ1v) is 7.22. The number of hydrogen-bond acceptors (Lipinski definition) is 3. The molecule has 0 N–H and O–H groups in total. The highest BCUT2D eigenvalue weighted by Gasteiger charge is 1.96. The lowest BCUT2D eigenvalue weighted by Crippen LogP contribution is -1.97. The van der Waals surface area contributed by atoms with E-state index in [0.29, 0.717) is 6.42 Å². The first-order chi connectivity index (χ1) is 9.76. The van der Waals surface area contributed by atoms with Crippen molar-refractivity contribution in [2.24, 2.45) is 0 Å². The third-order valence-corrected chi connectivity index (χ3v) is 3.00. The largest absolute Gasteiger partial charge is 0.494 e. The van der Waals surface area contributed by atoms with E-state index in [4.69, 9.17) is 4.74 Å². The number of esters is 1. The van der Waals surface area contributed by atoms with E-state index in [1.165, 1.54) is 32.4 Å². The highest BCUT2D eigenvalue weighted by atomic mass is 16.5. The van der Waals surface area contributed by atoms with E-state index in [1.807, 2.05) is 24.3 Å². The lowest BCUT2D eigenvalue weighted by molar-refractivity contribution is -0.134. The topological polar surface area (TPSA) is 35.5 Å². The molecular formula is C17H24O3. The van der Waals surface area contributed by atoms with Gasteiger partial charge in [-0.3, -0.25) is 0 Å². The first kappa shape index (κ1) is 16.3. The number of carbonyl (C=O) groups excluding carboxylic acids is 1. The van der Waals surface area contributed by atoms with E-state index in [1.54, 1.807) is 6.08 Å². The minimum atomic E-state index is -0.322. The SMILES string of the molecule is CCCCCCOc1ccc(CC=CC(=O)OC)cc1. The summed E-state index contributed by atoms with van der Waals surface area (Å²) in [7, 11) is 1.37. The average Bonchev–Trinajstić information content (AvgIpc) is 2.48. The molecule has 0 aliphatic heterocycles. The van der Waals surface area contributed by atoms with Crippen LogP contribution in [-0.2, 0) is 16.0 Å². The van der Waals surface area contributed by atoms with Gasteiger partial charge in [0.15, 0.2) is 0 Å². The van der Waals surface area contributed by atoms with Crippen LogP contribution in [0.5, 0.6) is 5.75 Å². The molecule has 0 aromatic heterocycles. The molecule has 20 heavy (non-hydrogen) atoms. The van der Waals surface area contributed by atoms with Gasteiger partial charge in [0, 0.05) is 6.08 Å². The van der Waals surface area contributed by atoms with E-state index in [-0.39, 0.29) is 5.97 Å². The van der Waals surface area contributed by atoms with Gasteiger partial charge in [0.05, 0.1) is 13.7 Å². The lowest BCUT2D eigenvalue weighted by Gasteiger charge is -2.06. The molecule has 0 amide bonds. The normalized spacial score (nSPS) is 10.7. The van der Waals surface area contributed by atoms with Crippen LogP contribution in [0.4, 0.5) is 0 Å². The van der Waals surface area contributed by atoms with Gasteiger partial charge in [0.1, 0.15) is 5.75 Å². The minimum Gasteiger partial charge on any atom is -0.494 e. The number of methoxy groups -OCH3 is 1. The molecule has 3 nitrogen and oxygen atoms in total. The van der Waals surface area contributed by atoms with Gasteiger partial charge >= 0.3 is 5.97 Å². The Morgan fingerprint density at radius 2 is 1.90 bits per heavy atom. The van der Waals surface area contributed by atoms with E-state index < -0.39 is 0 Å². The van der Waals surface area contributed by atoms with Crippen LogP contribution in [0, 0.1) is 0 Å². The summed E-state index contributed by atoms with van der Waals surface area (Å²) in [5.74, 6) is 0.583. The quantitative estimate of drug-likeness (QED) is 0.389. The fourth-order valence-electron chi connectivity index (χ4n) is 1.80. The molecule has 0 atom stereocenters. The molecule has 0 fully saturated rings. The van der Waals surface area contributed by atoms with Crippen molar-refractivity contribution in [3.8, 4) is 5.75 Å². The van der Waals surface area contributed by atoms with Crippen LogP contribution in [0.25, 0.3) is 0 Å². The second-order valence-corrected chi connectivity index (χ2v) is 4.68. The smallest absolute Gasteiger partial charge is 0.330 e. The van der Waals surface area contributed by atoms with Gasteiger partial charge in [-0.1, -0.05) is 44.4 Å². The Hall–Kier alpha value is -1.77. The van der Waals surface area contributed by atoms with Gasteiger partial charge in [-0.25, -0.2) is 4.79 Å². The molecular weight excluding hydrogens is 252 g/mol. The lowest BCUT2D eigenvalue weighted by atomic mass is 10.1. The van der Waals surface area contributed by atoms with Gasteiger partial charge < -0.3 is 9.47 Å². The van der Waals surface area contributed by atoms with Gasteiger partial charge in [0.2, 0.25) is 0 Å². The molecule has 0 spiro atoms. The van der Waals surface area contributed by atoms with Crippen molar-refractivity contribution >= 4 is 5.97 Å². The number of allylic oxidation sites excluding steroid dienone is 1. The summed E-state index contributed by atoms with van der Waals surface area (Å²) < 4.78 is 10.2. The highest BCUT2D eigenvalue weighted by Crippen LogP contribution is 2.13. The number of ether oxygens (including phenoxy) is 2.